The Morgan fingerprint density at radius 3 is 1.21 bits per heavy atom. The van der Waals surface area contributed by atoms with Crippen molar-refractivity contribution in [2.45, 2.75) is 225 Å². The van der Waals surface area contributed by atoms with Gasteiger partial charge in [0.2, 0.25) is 0 Å². The van der Waals surface area contributed by atoms with Gasteiger partial charge in [-0.1, -0.05) is 208 Å². The van der Waals surface area contributed by atoms with Crippen molar-refractivity contribution in [2.75, 3.05) is 19.8 Å². The summed E-state index contributed by atoms with van der Waals surface area (Å²) in [5, 5.41) is 9.64. The van der Waals surface area contributed by atoms with Crippen LogP contribution in [-0.2, 0) is 14.3 Å². The van der Waals surface area contributed by atoms with Crippen LogP contribution in [0, 0.1) is 0 Å². The van der Waals surface area contributed by atoms with Crippen LogP contribution in [-0.4, -0.2) is 37.0 Å². The molecule has 0 spiro atoms. The van der Waals surface area contributed by atoms with Crippen LogP contribution >= 0.6 is 0 Å². The number of allylic oxidation sites excluding steroid dienone is 14. The molecule has 0 bridgehead atoms. The number of aliphatic hydroxyl groups is 1. The summed E-state index contributed by atoms with van der Waals surface area (Å²) in [7, 11) is 0. The van der Waals surface area contributed by atoms with Crippen molar-refractivity contribution in [2.24, 2.45) is 0 Å². The summed E-state index contributed by atoms with van der Waals surface area (Å²) < 4.78 is 11.2. The lowest BCUT2D eigenvalue weighted by Gasteiger charge is -2.16. The summed E-state index contributed by atoms with van der Waals surface area (Å²) in [6.07, 6.45) is 69.4. The Labute approximate surface area is 354 Å². The van der Waals surface area contributed by atoms with Crippen LogP contribution in [0.15, 0.2) is 85.1 Å². The average molecular weight is 793 g/mol. The van der Waals surface area contributed by atoms with Crippen molar-refractivity contribution >= 4 is 5.97 Å². The Balaban J connectivity index is 3.49. The van der Waals surface area contributed by atoms with Crippen molar-refractivity contribution in [1.29, 1.82) is 0 Å². The van der Waals surface area contributed by atoms with Gasteiger partial charge in [0, 0.05) is 13.0 Å². The van der Waals surface area contributed by atoms with E-state index in [1.54, 1.807) is 0 Å². The fraction of sp³-hybridized carbons (Fsp3) is 0.717. The first-order valence-corrected chi connectivity index (χ1v) is 24.2. The Kier molecular flexibility index (Phi) is 47.6. The minimum atomic E-state index is -0.547. The standard InChI is InChI=1S/C53H92O4/c1-3-5-7-9-11-13-15-17-19-21-23-24-25-26-27-28-29-31-33-35-37-39-41-43-45-47-49-56-51-52(50-54)57-53(55)48-46-44-42-40-38-36-34-32-30-22-20-18-16-14-12-10-8-6-4-2/h5,7,11,13,17-20,23-24,26-27,29,31,52,54H,3-4,6,8-10,12,14-16,21-22,25,28,30,32-51H2,1-2H3/b7-5-,13-11-,19-17-,20-18-,24-23-,27-26-,31-29-. The number of ether oxygens (including phenoxy) is 2. The van der Waals surface area contributed by atoms with E-state index in [4.69, 9.17) is 9.47 Å². The number of hydrogen-bond donors (Lipinski definition) is 1. The van der Waals surface area contributed by atoms with Crippen LogP contribution in [0.5, 0.6) is 0 Å². The predicted molar refractivity (Wildman–Crippen MR) is 251 cm³/mol. The maximum atomic E-state index is 12.2. The highest BCUT2D eigenvalue weighted by atomic mass is 16.6. The zero-order chi connectivity index (χ0) is 41.2. The molecule has 0 amide bonds. The van der Waals surface area contributed by atoms with Crippen molar-refractivity contribution in [3.8, 4) is 0 Å². The molecule has 0 rings (SSSR count). The second-order valence-corrected chi connectivity index (χ2v) is 15.8. The van der Waals surface area contributed by atoms with E-state index in [1.807, 2.05) is 0 Å². The largest absolute Gasteiger partial charge is 0.457 e. The molecule has 0 saturated heterocycles. The molecule has 0 aromatic rings. The molecular weight excluding hydrogens is 701 g/mol. The number of rotatable bonds is 44. The molecule has 0 aromatic heterocycles. The van der Waals surface area contributed by atoms with Crippen LogP contribution in [0.3, 0.4) is 0 Å². The molecular formula is C53H92O4. The third-order valence-corrected chi connectivity index (χ3v) is 10.2. The molecule has 328 valence electrons. The molecule has 0 aromatic carbocycles. The van der Waals surface area contributed by atoms with E-state index in [0.717, 1.165) is 64.2 Å². The molecule has 1 unspecified atom stereocenters. The fourth-order valence-corrected chi connectivity index (χ4v) is 6.62. The highest BCUT2D eigenvalue weighted by Gasteiger charge is 2.13. The first kappa shape index (κ1) is 54.6. The minimum Gasteiger partial charge on any atom is -0.457 e. The first-order chi connectivity index (χ1) is 28.2. The van der Waals surface area contributed by atoms with Gasteiger partial charge in [0.25, 0.3) is 0 Å². The highest BCUT2D eigenvalue weighted by Crippen LogP contribution is 2.14. The summed E-state index contributed by atoms with van der Waals surface area (Å²) in [4.78, 5) is 12.2. The lowest BCUT2D eigenvalue weighted by atomic mass is 10.1. The Morgan fingerprint density at radius 2 is 0.789 bits per heavy atom. The molecule has 4 heteroatoms. The summed E-state index contributed by atoms with van der Waals surface area (Å²) >= 11 is 0. The number of esters is 1. The SMILES string of the molecule is CC/C=C\C/C=C\C/C=C\C/C=C\C/C=C\C/C=C\CCCCCCCCCOCC(CO)OC(=O)CCCCCCCCCCC/C=C\CCCCCCCC. The summed E-state index contributed by atoms with van der Waals surface area (Å²) in [6, 6.07) is 0. The van der Waals surface area contributed by atoms with E-state index >= 15 is 0 Å². The topological polar surface area (TPSA) is 55.8 Å². The van der Waals surface area contributed by atoms with Crippen LogP contribution in [0.1, 0.15) is 219 Å². The van der Waals surface area contributed by atoms with Gasteiger partial charge in [0.05, 0.1) is 13.2 Å². The fourth-order valence-electron chi connectivity index (χ4n) is 6.62. The maximum absolute atomic E-state index is 12.2. The van der Waals surface area contributed by atoms with Gasteiger partial charge in [0.15, 0.2) is 0 Å². The van der Waals surface area contributed by atoms with Crippen LogP contribution < -0.4 is 0 Å². The predicted octanol–water partition coefficient (Wildman–Crippen LogP) is 16.3. The lowest BCUT2D eigenvalue weighted by molar-refractivity contribution is -0.154. The number of carbonyl (C=O) groups excluding carboxylic acids is 1. The van der Waals surface area contributed by atoms with Gasteiger partial charge in [-0.15, -0.1) is 0 Å². The van der Waals surface area contributed by atoms with Crippen molar-refractivity contribution < 1.29 is 19.4 Å². The lowest BCUT2D eigenvalue weighted by Crippen LogP contribution is -2.27. The molecule has 1 atom stereocenters. The molecule has 0 aliphatic carbocycles. The number of carbonyl (C=O) groups is 1. The summed E-state index contributed by atoms with van der Waals surface area (Å²) in [5.41, 5.74) is 0. The van der Waals surface area contributed by atoms with E-state index in [0.29, 0.717) is 13.0 Å². The van der Waals surface area contributed by atoms with Gasteiger partial charge in [-0.05, 0) is 89.9 Å². The van der Waals surface area contributed by atoms with Gasteiger partial charge in [-0.25, -0.2) is 0 Å². The van der Waals surface area contributed by atoms with E-state index in [9.17, 15) is 9.90 Å². The van der Waals surface area contributed by atoms with Gasteiger partial charge in [0.1, 0.15) is 6.10 Å². The van der Waals surface area contributed by atoms with E-state index in [1.165, 1.54) is 135 Å². The van der Waals surface area contributed by atoms with E-state index < -0.39 is 6.10 Å². The highest BCUT2D eigenvalue weighted by molar-refractivity contribution is 5.69. The van der Waals surface area contributed by atoms with E-state index in [-0.39, 0.29) is 19.2 Å². The molecule has 0 aliphatic heterocycles. The van der Waals surface area contributed by atoms with Crippen molar-refractivity contribution in [3.05, 3.63) is 85.1 Å². The number of hydrogen-bond acceptors (Lipinski definition) is 4. The molecule has 0 radical (unpaired) electrons. The Hall–Kier alpha value is -2.43. The molecule has 0 fully saturated rings. The van der Waals surface area contributed by atoms with Crippen LogP contribution in [0.2, 0.25) is 0 Å². The third-order valence-electron chi connectivity index (χ3n) is 10.2. The zero-order valence-electron chi connectivity index (χ0n) is 37.6. The van der Waals surface area contributed by atoms with Crippen LogP contribution in [0.4, 0.5) is 0 Å². The van der Waals surface area contributed by atoms with Gasteiger partial charge < -0.3 is 14.6 Å². The number of unbranched alkanes of at least 4 members (excludes halogenated alkanes) is 22. The molecule has 0 heterocycles. The second kappa shape index (κ2) is 49.7. The normalized spacial score (nSPS) is 13.1. The molecule has 57 heavy (non-hydrogen) atoms. The van der Waals surface area contributed by atoms with E-state index in [2.05, 4.69) is 98.9 Å². The van der Waals surface area contributed by atoms with Gasteiger partial charge in [-0.3, -0.25) is 4.79 Å². The maximum Gasteiger partial charge on any atom is 0.306 e. The minimum absolute atomic E-state index is 0.181. The van der Waals surface area contributed by atoms with Crippen molar-refractivity contribution in [1.82, 2.24) is 0 Å². The van der Waals surface area contributed by atoms with Gasteiger partial charge in [-0.2, -0.15) is 0 Å². The summed E-state index contributed by atoms with van der Waals surface area (Å²) in [6.45, 7) is 5.21. The Morgan fingerprint density at radius 1 is 0.439 bits per heavy atom. The third kappa shape index (κ3) is 47.8. The van der Waals surface area contributed by atoms with Crippen molar-refractivity contribution in [3.63, 3.8) is 0 Å². The molecule has 0 aliphatic rings. The van der Waals surface area contributed by atoms with Crippen LogP contribution in [0.25, 0.3) is 0 Å². The first-order valence-electron chi connectivity index (χ1n) is 24.2. The quantitative estimate of drug-likeness (QED) is 0.0379. The Bertz CT molecular complexity index is 1020. The average Bonchev–Trinajstić information content (AvgIpc) is 3.22. The molecule has 4 nitrogen and oxygen atoms in total. The van der Waals surface area contributed by atoms with Gasteiger partial charge >= 0.3 is 5.97 Å². The molecule has 1 N–H and O–H groups in total. The second-order valence-electron chi connectivity index (χ2n) is 15.8. The summed E-state index contributed by atoms with van der Waals surface area (Å²) in [5.74, 6) is -0.209. The molecule has 0 saturated carbocycles. The number of aliphatic hydroxyl groups excluding tert-OH is 1. The monoisotopic (exact) mass is 793 g/mol. The zero-order valence-corrected chi connectivity index (χ0v) is 37.6. The smallest absolute Gasteiger partial charge is 0.306 e.